The molecule has 0 saturated carbocycles. The summed E-state index contributed by atoms with van der Waals surface area (Å²) in [6, 6.07) is 16.4. The summed E-state index contributed by atoms with van der Waals surface area (Å²) < 4.78 is 7.78. The number of nitrogens with zero attached hydrogens (tertiary/aromatic N) is 3. The highest BCUT2D eigenvalue weighted by Gasteiger charge is 2.42. The standard InChI is InChI=1S/C27H28N4O4S/c1-18-15-21(32)24(34)25(35-18)27(10-13-36-14-11-27)17-23(33)28-20(16-19-7-3-2-4-8-19)26-30-29-22-9-5-6-12-31(22)26/h2-9,12,15,20,34H,10-11,13-14,16-17H2,1H3,(H,28,33). The first kappa shape index (κ1) is 24.1. The molecule has 0 aliphatic carbocycles. The van der Waals surface area contributed by atoms with Gasteiger partial charge in [0.25, 0.3) is 0 Å². The second kappa shape index (κ2) is 10.2. The van der Waals surface area contributed by atoms with E-state index in [4.69, 9.17) is 4.42 Å². The SMILES string of the molecule is Cc1cc(=O)c(O)c(C2(CC(=O)NC(Cc3ccccc3)c3nnc4ccccn34)CCSCC2)o1. The van der Waals surface area contributed by atoms with Crippen LogP contribution < -0.4 is 10.7 Å². The Morgan fingerprint density at radius 3 is 2.69 bits per heavy atom. The number of aromatic hydroxyl groups is 1. The number of pyridine rings is 1. The summed E-state index contributed by atoms with van der Waals surface area (Å²) >= 11 is 1.79. The third-order valence-corrected chi connectivity index (χ3v) is 7.73. The average Bonchev–Trinajstić information content (AvgIpc) is 3.31. The van der Waals surface area contributed by atoms with Crippen LogP contribution in [0.4, 0.5) is 0 Å². The number of hydrogen-bond donors (Lipinski definition) is 2. The van der Waals surface area contributed by atoms with E-state index in [2.05, 4.69) is 15.5 Å². The number of hydrogen-bond acceptors (Lipinski definition) is 7. The molecule has 0 bridgehead atoms. The number of benzene rings is 1. The minimum atomic E-state index is -0.755. The van der Waals surface area contributed by atoms with E-state index >= 15 is 0 Å². The monoisotopic (exact) mass is 504 g/mol. The topological polar surface area (TPSA) is 110 Å². The van der Waals surface area contributed by atoms with E-state index in [0.29, 0.717) is 36.5 Å². The summed E-state index contributed by atoms with van der Waals surface area (Å²) in [6.07, 6.45) is 3.77. The lowest BCUT2D eigenvalue weighted by Gasteiger charge is -2.36. The van der Waals surface area contributed by atoms with Crippen molar-refractivity contribution in [1.29, 1.82) is 0 Å². The van der Waals surface area contributed by atoms with Gasteiger partial charge in [-0.2, -0.15) is 11.8 Å². The lowest BCUT2D eigenvalue weighted by molar-refractivity contribution is -0.123. The molecule has 186 valence electrons. The smallest absolute Gasteiger partial charge is 0.227 e. The van der Waals surface area contributed by atoms with Gasteiger partial charge in [-0.15, -0.1) is 10.2 Å². The molecular weight excluding hydrogens is 476 g/mol. The molecule has 3 aromatic heterocycles. The van der Waals surface area contributed by atoms with Gasteiger partial charge in [0.05, 0.1) is 6.04 Å². The van der Waals surface area contributed by atoms with Crippen LogP contribution in [-0.4, -0.2) is 37.1 Å². The van der Waals surface area contributed by atoms with Gasteiger partial charge in [0, 0.05) is 24.1 Å². The summed E-state index contributed by atoms with van der Waals surface area (Å²) in [4.78, 5) is 26.0. The second-order valence-corrected chi connectivity index (χ2v) is 10.5. The van der Waals surface area contributed by atoms with E-state index in [9.17, 15) is 14.7 Å². The number of carbonyl (C=O) groups excluding carboxylic acids is 1. The van der Waals surface area contributed by atoms with Crippen LogP contribution in [0.1, 0.15) is 48.2 Å². The van der Waals surface area contributed by atoms with Crippen LogP contribution in [0, 0.1) is 6.92 Å². The number of aryl methyl sites for hydroxylation is 1. The molecule has 5 rings (SSSR count). The molecule has 0 spiro atoms. The Balaban J connectivity index is 1.47. The Morgan fingerprint density at radius 2 is 1.92 bits per heavy atom. The van der Waals surface area contributed by atoms with E-state index in [1.165, 1.54) is 6.07 Å². The van der Waals surface area contributed by atoms with Crippen molar-refractivity contribution in [3.63, 3.8) is 0 Å². The average molecular weight is 505 g/mol. The van der Waals surface area contributed by atoms with Gasteiger partial charge in [-0.1, -0.05) is 36.4 Å². The van der Waals surface area contributed by atoms with Crippen molar-refractivity contribution < 1.29 is 14.3 Å². The Bertz CT molecular complexity index is 1430. The van der Waals surface area contributed by atoms with Gasteiger partial charge in [-0.25, -0.2) is 0 Å². The minimum Gasteiger partial charge on any atom is -0.502 e. The van der Waals surface area contributed by atoms with Gasteiger partial charge in [-0.05, 0) is 55.4 Å². The number of fused-ring (bicyclic) bond motifs is 1. The molecule has 1 unspecified atom stereocenters. The van der Waals surface area contributed by atoms with E-state index in [-0.39, 0.29) is 18.1 Å². The fraction of sp³-hybridized carbons (Fsp3) is 0.333. The molecular formula is C27H28N4O4S. The van der Waals surface area contributed by atoms with Crippen LogP contribution in [0.2, 0.25) is 0 Å². The van der Waals surface area contributed by atoms with Crippen LogP contribution in [0.15, 0.2) is 70.0 Å². The number of amides is 1. The highest BCUT2D eigenvalue weighted by Crippen LogP contribution is 2.44. The second-order valence-electron chi connectivity index (χ2n) is 9.27. The Kier molecular flexibility index (Phi) is 6.82. The summed E-state index contributed by atoms with van der Waals surface area (Å²) in [5.74, 6) is 2.31. The lowest BCUT2D eigenvalue weighted by atomic mass is 9.75. The molecule has 1 fully saturated rings. The summed E-state index contributed by atoms with van der Waals surface area (Å²) in [7, 11) is 0. The quantitative estimate of drug-likeness (QED) is 0.392. The van der Waals surface area contributed by atoms with E-state index < -0.39 is 22.6 Å². The van der Waals surface area contributed by atoms with E-state index in [1.807, 2.05) is 59.1 Å². The highest BCUT2D eigenvalue weighted by molar-refractivity contribution is 7.99. The van der Waals surface area contributed by atoms with Gasteiger partial charge in [0.15, 0.2) is 17.2 Å². The maximum absolute atomic E-state index is 13.6. The molecule has 8 nitrogen and oxygen atoms in total. The molecule has 1 atom stereocenters. The van der Waals surface area contributed by atoms with Gasteiger partial charge >= 0.3 is 0 Å². The molecule has 9 heteroatoms. The van der Waals surface area contributed by atoms with Crippen molar-refractivity contribution >= 4 is 23.3 Å². The van der Waals surface area contributed by atoms with E-state index in [1.54, 1.807) is 18.7 Å². The third kappa shape index (κ3) is 4.88. The molecule has 1 aliphatic heterocycles. The van der Waals surface area contributed by atoms with Crippen molar-refractivity contribution in [2.75, 3.05) is 11.5 Å². The molecule has 0 radical (unpaired) electrons. The van der Waals surface area contributed by atoms with E-state index in [0.717, 1.165) is 17.1 Å². The summed E-state index contributed by atoms with van der Waals surface area (Å²) in [5.41, 5.74) is 0.520. The maximum atomic E-state index is 13.6. The van der Waals surface area contributed by atoms with Crippen molar-refractivity contribution in [3.8, 4) is 5.75 Å². The van der Waals surface area contributed by atoms with Gasteiger partial charge in [0.1, 0.15) is 5.76 Å². The number of rotatable bonds is 7. The summed E-state index contributed by atoms with van der Waals surface area (Å²) in [5, 5.41) is 22.5. The minimum absolute atomic E-state index is 0.0928. The predicted octanol–water partition coefficient (Wildman–Crippen LogP) is 3.95. The molecule has 1 aliphatic rings. The molecule has 4 heterocycles. The first-order valence-electron chi connectivity index (χ1n) is 12.0. The van der Waals surface area contributed by atoms with Gasteiger partial charge in [0.2, 0.25) is 17.1 Å². The molecule has 1 aromatic carbocycles. The zero-order valence-corrected chi connectivity index (χ0v) is 20.8. The Labute approximate surface area is 212 Å². The number of thioether (sulfide) groups is 1. The largest absolute Gasteiger partial charge is 0.502 e. The van der Waals surface area contributed by atoms with Crippen LogP contribution in [0.5, 0.6) is 5.75 Å². The number of carbonyl (C=O) groups is 1. The predicted molar refractivity (Wildman–Crippen MR) is 138 cm³/mol. The fourth-order valence-corrected chi connectivity index (χ4v) is 6.19. The van der Waals surface area contributed by atoms with Crippen molar-refractivity contribution in [3.05, 3.63) is 93.9 Å². The maximum Gasteiger partial charge on any atom is 0.227 e. The zero-order valence-electron chi connectivity index (χ0n) is 20.0. The van der Waals surface area contributed by atoms with Crippen molar-refractivity contribution in [2.45, 2.75) is 44.1 Å². The van der Waals surface area contributed by atoms with Crippen molar-refractivity contribution in [2.24, 2.45) is 0 Å². The Hall–Kier alpha value is -3.59. The molecule has 1 saturated heterocycles. The van der Waals surface area contributed by atoms with Crippen LogP contribution >= 0.6 is 11.8 Å². The van der Waals surface area contributed by atoms with Gasteiger partial charge in [-0.3, -0.25) is 14.0 Å². The molecule has 4 aromatic rings. The first-order chi connectivity index (χ1) is 17.4. The van der Waals surface area contributed by atoms with Crippen molar-refractivity contribution in [1.82, 2.24) is 19.9 Å². The Morgan fingerprint density at radius 1 is 1.17 bits per heavy atom. The fourth-order valence-electron chi connectivity index (χ4n) is 4.92. The number of nitrogens with one attached hydrogen (secondary N) is 1. The first-order valence-corrected chi connectivity index (χ1v) is 13.2. The van der Waals surface area contributed by atoms with Gasteiger partial charge < -0.3 is 14.8 Å². The zero-order chi connectivity index (χ0) is 25.1. The van der Waals surface area contributed by atoms with Crippen LogP contribution in [0.3, 0.4) is 0 Å². The molecule has 36 heavy (non-hydrogen) atoms. The molecule has 2 N–H and O–H groups in total. The highest BCUT2D eigenvalue weighted by atomic mass is 32.2. The number of aromatic nitrogens is 3. The lowest BCUT2D eigenvalue weighted by Crippen LogP contribution is -2.40. The van der Waals surface area contributed by atoms with Crippen LogP contribution in [0.25, 0.3) is 5.65 Å². The molecule has 1 amide bonds. The van der Waals surface area contributed by atoms with Crippen LogP contribution in [-0.2, 0) is 16.6 Å². The normalized spacial score (nSPS) is 16.0. The summed E-state index contributed by atoms with van der Waals surface area (Å²) in [6.45, 7) is 1.68. The third-order valence-electron chi connectivity index (χ3n) is 6.75.